The molecule has 0 saturated carbocycles. The summed E-state index contributed by atoms with van der Waals surface area (Å²) < 4.78 is 5.84. The van der Waals surface area contributed by atoms with Crippen LogP contribution in [-0.4, -0.2) is 48.1 Å². The molecule has 0 bridgehead atoms. The van der Waals surface area contributed by atoms with Gasteiger partial charge in [-0.15, -0.1) is 0 Å². The summed E-state index contributed by atoms with van der Waals surface area (Å²) in [5.74, 6) is -0.262. The molecule has 2 aromatic rings. The zero-order valence-corrected chi connectivity index (χ0v) is 17.2. The van der Waals surface area contributed by atoms with Gasteiger partial charge >= 0.3 is 5.97 Å². The highest BCUT2D eigenvalue weighted by molar-refractivity contribution is 5.94. The van der Waals surface area contributed by atoms with E-state index in [4.69, 9.17) is 15.6 Å². The van der Waals surface area contributed by atoms with Crippen molar-refractivity contribution in [2.24, 2.45) is 5.73 Å². The van der Waals surface area contributed by atoms with Gasteiger partial charge in [0.05, 0.1) is 12.2 Å². The van der Waals surface area contributed by atoms with E-state index >= 15 is 0 Å². The number of fused-ring (bicyclic) bond motifs is 1. The molecule has 1 amide bonds. The molecule has 1 aliphatic rings. The molecule has 0 atom stereocenters. The molecule has 1 aliphatic heterocycles. The number of hydrogen-bond donors (Lipinski definition) is 2. The van der Waals surface area contributed by atoms with Gasteiger partial charge in [0.2, 0.25) is 5.91 Å². The molecule has 6 heteroatoms. The number of ether oxygens (including phenoxy) is 1. The van der Waals surface area contributed by atoms with Crippen molar-refractivity contribution in [3.63, 3.8) is 0 Å². The minimum Gasteiger partial charge on any atom is -0.494 e. The molecule has 1 fully saturated rings. The average molecular weight is 401 g/mol. The van der Waals surface area contributed by atoms with Crippen molar-refractivity contribution in [1.82, 2.24) is 4.90 Å². The van der Waals surface area contributed by atoms with Crippen molar-refractivity contribution in [3.05, 3.63) is 42.0 Å². The van der Waals surface area contributed by atoms with Crippen LogP contribution in [0.5, 0.6) is 5.75 Å². The summed E-state index contributed by atoms with van der Waals surface area (Å²) in [6.07, 6.45) is 6.42. The molecule has 0 unspecified atom stereocenters. The Hall–Kier alpha value is -2.60. The third-order valence-corrected chi connectivity index (χ3v) is 4.89. The second-order valence-electron chi connectivity index (χ2n) is 7.35. The first-order valence-electron chi connectivity index (χ1n) is 10.4. The number of benzene rings is 2. The number of amides is 1. The molecular weight excluding hydrogens is 368 g/mol. The van der Waals surface area contributed by atoms with Crippen LogP contribution in [0.15, 0.2) is 36.4 Å². The number of likely N-dealkylation sites (tertiary alicyclic amines) is 1. The number of primary amides is 1. The smallest absolute Gasteiger partial charge is 0.335 e. The van der Waals surface area contributed by atoms with E-state index in [0.29, 0.717) is 12.0 Å². The van der Waals surface area contributed by atoms with E-state index in [2.05, 4.69) is 4.90 Å². The fourth-order valence-electron chi connectivity index (χ4n) is 3.35. The number of nitrogens with zero attached hydrogens (tertiary/aromatic N) is 1. The van der Waals surface area contributed by atoms with Gasteiger partial charge in [-0.1, -0.05) is 25.5 Å². The fourth-order valence-corrected chi connectivity index (χ4v) is 3.35. The molecule has 0 radical (unpaired) electrons. The van der Waals surface area contributed by atoms with Gasteiger partial charge in [-0.3, -0.25) is 4.79 Å². The number of aromatic carboxylic acids is 1. The van der Waals surface area contributed by atoms with Crippen molar-refractivity contribution >= 4 is 22.6 Å². The second kappa shape index (κ2) is 12.1. The molecule has 1 saturated heterocycles. The minimum absolute atomic E-state index is 0.211. The van der Waals surface area contributed by atoms with E-state index in [-0.39, 0.29) is 5.91 Å². The zero-order valence-electron chi connectivity index (χ0n) is 17.2. The third-order valence-electron chi connectivity index (χ3n) is 4.89. The SMILES string of the molecule is CCCC(N)=O.O=C(O)c1ccc2cc(OCCCN3CCCCC3)ccc2c1. The molecule has 6 nitrogen and oxygen atoms in total. The van der Waals surface area contributed by atoms with E-state index in [1.165, 1.54) is 32.4 Å². The predicted octanol–water partition coefficient (Wildman–Crippen LogP) is 4.06. The van der Waals surface area contributed by atoms with E-state index < -0.39 is 5.97 Å². The first kappa shape index (κ1) is 22.7. The topological polar surface area (TPSA) is 92.9 Å². The maximum Gasteiger partial charge on any atom is 0.335 e. The van der Waals surface area contributed by atoms with Crippen LogP contribution in [-0.2, 0) is 4.79 Å². The van der Waals surface area contributed by atoms with Crippen LogP contribution in [0.2, 0.25) is 0 Å². The Kier molecular flexibility index (Phi) is 9.44. The summed E-state index contributed by atoms with van der Waals surface area (Å²) in [4.78, 5) is 23.3. The number of carbonyl (C=O) groups is 2. The first-order chi connectivity index (χ1) is 14.0. The summed E-state index contributed by atoms with van der Waals surface area (Å²) >= 11 is 0. The first-order valence-corrected chi connectivity index (χ1v) is 10.4. The molecule has 3 rings (SSSR count). The summed E-state index contributed by atoms with van der Waals surface area (Å²) in [7, 11) is 0. The normalized spacial score (nSPS) is 14.1. The lowest BCUT2D eigenvalue weighted by Crippen LogP contribution is -2.31. The van der Waals surface area contributed by atoms with Gasteiger partial charge < -0.3 is 20.5 Å². The average Bonchev–Trinajstić information content (AvgIpc) is 2.72. The Morgan fingerprint density at radius 3 is 2.38 bits per heavy atom. The van der Waals surface area contributed by atoms with Crippen molar-refractivity contribution in [1.29, 1.82) is 0 Å². The van der Waals surface area contributed by atoms with Crippen molar-refractivity contribution in [2.45, 2.75) is 45.4 Å². The van der Waals surface area contributed by atoms with E-state index in [9.17, 15) is 9.59 Å². The van der Waals surface area contributed by atoms with Gasteiger partial charge in [-0.2, -0.15) is 0 Å². The largest absolute Gasteiger partial charge is 0.494 e. The van der Waals surface area contributed by atoms with Gasteiger partial charge in [0, 0.05) is 13.0 Å². The maximum absolute atomic E-state index is 11.0. The molecule has 158 valence electrons. The van der Waals surface area contributed by atoms with Crippen LogP contribution < -0.4 is 10.5 Å². The Morgan fingerprint density at radius 2 is 1.76 bits per heavy atom. The predicted molar refractivity (Wildman–Crippen MR) is 115 cm³/mol. The number of carbonyl (C=O) groups excluding carboxylic acids is 1. The van der Waals surface area contributed by atoms with Crippen LogP contribution >= 0.6 is 0 Å². The molecule has 3 N–H and O–H groups in total. The van der Waals surface area contributed by atoms with Gasteiger partial charge in [-0.25, -0.2) is 4.79 Å². The highest BCUT2D eigenvalue weighted by atomic mass is 16.5. The second-order valence-corrected chi connectivity index (χ2v) is 7.35. The molecule has 0 aromatic heterocycles. The molecule has 2 aromatic carbocycles. The van der Waals surface area contributed by atoms with Gasteiger partial charge in [0.25, 0.3) is 0 Å². The number of piperidine rings is 1. The van der Waals surface area contributed by atoms with Gasteiger partial charge in [-0.05, 0) is 73.8 Å². The van der Waals surface area contributed by atoms with Crippen LogP contribution in [0.4, 0.5) is 0 Å². The van der Waals surface area contributed by atoms with Crippen LogP contribution in [0.3, 0.4) is 0 Å². The summed E-state index contributed by atoms with van der Waals surface area (Å²) in [5, 5.41) is 10.9. The lowest BCUT2D eigenvalue weighted by atomic mass is 10.1. The molecule has 0 aliphatic carbocycles. The van der Waals surface area contributed by atoms with Crippen molar-refractivity contribution in [2.75, 3.05) is 26.2 Å². The van der Waals surface area contributed by atoms with Crippen LogP contribution in [0, 0.1) is 0 Å². The standard InChI is InChI=1S/C19H23NO3.C4H9NO/c21-19(22)17-6-5-16-14-18(8-7-15(16)13-17)23-12-4-11-20-9-2-1-3-10-20;1-2-3-4(5)6/h5-8,13-14H,1-4,9-12H2,(H,21,22);2-3H2,1H3,(H2,5,6). The van der Waals surface area contributed by atoms with E-state index in [0.717, 1.165) is 42.5 Å². The summed E-state index contributed by atoms with van der Waals surface area (Å²) in [6, 6.07) is 11.0. The monoisotopic (exact) mass is 400 g/mol. The number of rotatable bonds is 8. The van der Waals surface area contributed by atoms with Crippen molar-refractivity contribution < 1.29 is 19.4 Å². The molecule has 1 heterocycles. The lowest BCUT2D eigenvalue weighted by molar-refractivity contribution is -0.118. The number of hydrogen-bond acceptors (Lipinski definition) is 4. The Labute approximate surface area is 172 Å². The van der Waals surface area contributed by atoms with Crippen molar-refractivity contribution in [3.8, 4) is 5.75 Å². The lowest BCUT2D eigenvalue weighted by Gasteiger charge is -2.26. The molecular formula is C23H32N2O4. The van der Waals surface area contributed by atoms with Gasteiger partial charge in [0.1, 0.15) is 5.75 Å². The highest BCUT2D eigenvalue weighted by Crippen LogP contribution is 2.22. The number of carboxylic acids is 1. The van der Waals surface area contributed by atoms with E-state index in [1.807, 2.05) is 31.2 Å². The molecule has 29 heavy (non-hydrogen) atoms. The zero-order chi connectivity index (χ0) is 21.1. The molecule has 0 spiro atoms. The minimum atomic E-state index is -0.898. The summed E-state index contributed by atoms with van der Waals surface area (Å²) in [5.41, 5.74) is 5.08. The third kappa shape index (κ3) is 8.11. The number of carboxylic acid groups (broad SMARTS) is 1. The van der Waals surface area contributed by atoms with Crippen LogP contribution in [0.25, 0.3) is 10.8 Å². The van der Waals surface area contributed by atoms with Gasteiger partial charge in [0.15, 0.2) is 0 Å². The van der Waals surface area contributed by atoms with Crippen LogP contribution in [0.1, 0.15) is 55.8 Å². The Balaban J connectivity index is 0.000000438. The fraction of sp³-hybridized carbons (Fsp3) is 0.478. The Bertz CT molecular complexity index is 801. The highest BCUT2D eigenvalue weighted by Gasteiger charge is 2.09. The quantitative estimate of drug-likeness (QED) is 0.652. The van der Waals surface area contributed by atoms with E-state index in [1.54, 1.807) is 12.1 Å². The Morgan fingerprint density at radius 1 is 1.07 bits per heavy atom. The maximum atomic E-state index is 11.0. The number of nitrogens with two attached hydrogens (primary N) is 1. The summed E-state index contributed by atoms with van der Waals surface area (Å²) in [6.45, 7) is 6.19.